The van der Waals surface area contributed by atoms with E-state index >= 15 is 0 Å². The van der Waals surface area contributed by atoms with Gasteiger partial charge in [-0.3, -0.25) is 9.48 Å². The third-order valence-electron chi connectivity index (χ3n) is 1.85. The van der Waals surface area contributed by atoms with Gasteiger partial charge in [0.1, 0.15) is 6.33 Å². The second kappa shape index (κ2) is 4.75. The van der Waals surface area contributed by atoms with Crippen LogP contribution in [0, 0.1) is 0 Å². The van der Waals surface area contributed by atoms with E-state index in [1.165, 1.54) is 11.3 Å². The topological polar surface area (TPSA) is 59.8 Å². The van der Waals surface area contributed by atoms with Crippen molar-refractivity contribution >= 4 is 33.2 Å². The minimum absolute atomic E-state index is 0.108. The first-order valence-electron chi connectivity index (χ1n) is 4.53. The molecule has 0 unspecified atom stereocenters. The van der Waals surface area contributed by atoms with Crippen LogP contribution >= 0.6 is 27.3 Å². The Bertz CT molecular complexity index is 507. The molecule has 2 aromatic heterocycles. The van der Waals surface area contributed by atoms with Crippen LogP contribution < -0.4 is 5.32 Å². The zero-order valence-corrected chi connectivity index (χ0v) is 10.9. The summed E-state index contributed by atoms with van der Waals surface area (Å²) in [6.45, 7) is 0.342. The summed E-state index contributed by atoms with van der Waals surface area (Å²) in [4.78, 5) is 16.3. The number of carbonyl (C=O) groups is 1. The molecule has 0 spiro atoms. The normalized spacial score (nSPS) is 10.4. The van der Waals surface area contributed by atoms with Gasteiger partial charge in [-0.1, -0.05) is 0 Å². The molecule has 0 aromatic carbocycles. The number of thiophene rings is 1. The molecule has 0 aliphatic heterocycles. The second-order valence-corrected chi connectivity index (χ2v) is 5.58. The standard InChI is InChI=1S/C9H9BrN4OS/c1-14-5-12-8(13-14)4-11-9(15)6-2-3-7(10)16-6/h2-3,5H,4H2,1H3,(H,11,15). The van der Waals surface area contributed by atoms with Gasteiger partial charge in [0.15, 0.2) is 5.82 Å². The summed E-state index contributed by atoms with van der Waals surface area (Å²) in [6.07, 6.45) is 1.60. The van der Waals surface area contributed by atoms with Crippen molar-refractivity contribution < 1.29 is 4.79 Å². The molecule has 2 aromatic rings. The van der Waals surface area contributed by atoms with Crippen molar-refractivity contribution in [3.05, 3.63) is 32.9 Å². The predicted octanol–water partition coefficient (Wildman–Crippen LogP) is 1.57. The van der Waals surface area contributed by atoms with Crippen molar-refractivity contribution in [3.63, 3.8) is 0 Å². The number of carbonyl (C=O) groups excluding carboxylic acids is 1. The summed E-state index contributed by atoms with van der Waals surface area (Å²) in [5.74, 6) is 0.495. The fourth-order valence-electron chi connectivity index (χ4n) is 1.15. The zero-order valence-electron chi connectivity index (χ0n) is 8.48. The van der Waals surface area contributed by atoms with Gasteiger partial charge in [0.25, 0.3) is 5.91 Å². The highest BCUT2D eigenvalue weighted by atomic mass is 79.9. The molecule has 0 aliphatic carbocycles. The molecule has 0 aliphatic rings. The predicted molar refractivity (Wildman–Crippen MR) is 64.2 cm³/mol. The summed E-state index contributed by atoms with van der Waals surface area (Å²) in [5.41, 5.74) is 0. The number of rotatable bonds is 3. The van der Waals surface area contributed by atoms with Gasteiger partial charge in [-0.2, -0.15) is 5.10 Å². The van der Waals surface area contributed by atoms with E-state index in [-0.39, 0.29) is 5.91 Å². The molecular weight excluding hydrogens is 292 g/mol. The first-order chi connectivity index (χ1) is 7.65. The molecule has 7 heteroatoms. The fraction of sp³-hybridized carbons (Fsp3) is 0.222. The lowest BCUT2D eigenvalue weighted by Gasteiger charge is -1.99. The minimum atomic E-state index is -0.108. The van der Waals surface area contributed by atoms with Crippen molar-refractivity contribution in [1.82, 2.24) is 20.1 Å². The van der Waals surface area contributed by atoms with Crippen LogP contribution in [0.2, 0.25) is 0 Å². The van der Waals surface area contributed by atoms with Crippen LogP contribution in [-0.2, 0) is 13.6 Å². The van der Waals surface area contributed by atoms with Gasteiger partial charge in [0.05, 0.1) is 15.2 Å². The van der Waals surface area contributed by atoms with E-state index in [0.717, 1.165) is 3.79 Å². The Labute approximate surface area is 105 Å². The number of halogens is 1. The van der Waals surface area contributed by atoms with Gasteiger partial charge in [-0.05, 0) is 28.1 Å². The number of aromatic nitrogens is 3. The fourth-order valence-corrected chi connectivity index (χ4v) is 2.45. The lowest BCUT2D eigenvalue weighted by atomic mass is 10.4. The molecule has 5 nitrogen and oxygen atoms in total. The third-order valence-corrected chi connectivity index (χ3v) is 3.47. The maximum atomic E-state index is 11.7. The summed E-state index contributed by atoms with van der Waals surface area (Å²) in [6, 6.07) is 3.62. The molecule has 2 rings (SSSR count). The lowest BCUT2D eigenvalue weighted by molar-refractivity contribution is 0.0954. The molecule has 1 N–H and O–H groups in total. The van der Waals surface area contributed by atoms with Gasteiger partial charge in [0.2, 0.25) is 0 Å². The average Bonchev–Trinajstić information content (AvgIpc) is 2.84. The first kappa shape index (κ1) is 11.3. The summed E-state index contributed by atoms with van der Waals surface area (Å²) in [5, 5.41) is 6.82. The molecule has 0 bridgehead atoms. The Morgan fingerprint density at radius 2 is 2.44 bits per heavy atom. The number of amides is 1. The van der Waals surface area contributed by atoms with Crippen LogP contribution in [-0.4, -0.2) is 20.7 Å². The lowest BCUT2D eigenvalue weighted by Crippen LogP contribution is -2.22. The van der Waals surface area contributed by atoms with Gasteiger partial charge in [-0.25, -0.2) is 4.98 Å². The Morgan fingerprint density at radius 1 is 1.62 bits per heavy atom. The monoisotopic (exact) mass is 300 g/mol. The molecule has 0 radical (unpaired) electrons. The van der Waals surface area contributed by atoms with Crippen molar-refractivity contribution in [2.45, 2.75) is 6.54 Å². The smallest absolute Gasteiger partial charge is 0.261 e. The number of nitrogens with one attached hydrogen (secondary N) is 1. The number of hydrogen-bond donors (Lipinski definition) is 1. The Hall–Kier alpha value is -1.21. The quantitative estimate of drug-likeness (QED) is 0.936. The van der Waals surface area contributed by atoms with Gasteiger partial charge >= 0.3 is 0 Å². The maximum Gasteiger partial charge on any atom is 0.261 e. The van der Waals surface area contributed by atoms with E-state index in [1.807, 2.05) is 6.07 Å². The molecule has 0 fully saturated rings. The average molecular weight is 301 g/mol. The molecule has 16 heavy (non-hydrogen) atoms. The summed E-state index contributed by atoms with van der Waals surface area (Å²) in [7, 11) is 1.79. The zero-order chi connectivity index (χ0) is 11.5. The Kier molecular flexibility index (Phi) is 3.35. The van der Waals surface area contributed by atoms with E-state index in [9.17, 15) is 4.79 Å². The van der Waals surface area contributed by atoms with Crippen LogP contribution in [0.1, 0.15) is 15.5 Å². The van der Waals surface area contributed by atoms with E-state index in [2.05, 4.69) is 31.3 Å². The minimum Gasteiger partial charge on any atom is -0.344 e. The van der Waals surface area contributed by atoms with Gasteiger partial charge in [-0.15, -0.1) is 11.3 Å². The van der Waals surface area contributed by atoms with E-state index < -0.39 is 0 Å². The molecule has 1 amide bonds. The highest BCUT2D eigenvalue weighted by Gasteiger charge is 2.08. The molecule has 84 valence electrons. The van der Waals surface area contributed by atoms with E-state index in [1.54, 1.807) is 24.1 Å². The highest BCUT2D eigenvalue weighted by Crippen LogP contribution is 2.21. The molecule has 2 heterocycles. The SMILES string of the molecule is Cn1cnc(CNC(=O)c2ccc(Br)s2)n1. The molecule has 0 saturated carbocycles. The van der Waals surface area contributed by atoms with Crippen molar-refractivity contribution in [2.24, 2.45) is 7.05 Å². The van der Waals surface area contributed by atoms with E-state index in [4.69, 9.17) is 0 Å². The van der Waals surface area contributed by atoms with Crippen molar-refractivity contribution in [1.29, 1.82) is 0 Å². The maximum absolute atomic E-state index is 11.7. The van der Waals surface area contributed by atoms with Crippen LogP contribution in [0.3, 0.4) is 0 Å². The number of aryl methyl sites for hydroxylation is 1. The first-order valence-corrected chi connectivity index (χ1v) is 6.14. The van der Waals surface area contributed by atoms with Gasteiger partial charge in [0, 0.05) is 7.05 Å². The molecular formula is C9H9BrN4OS. The second-order valence-electron chi connectivity index (χ2n) is 3.12. The third kappa shape index (κ3) is 2.67. The summed E-state index contributed by atoms with van der Waals surface area (Å²) >= 11 is 4.71. The molecule has 0 atom stereocenters. The van der Waals surface area contributed by atoms with Crippen molar-refractivity contribution in [2.75, 3.05) is 0 Å². The number of nitrogens with zero attached hydrogens (tertiary/aromatic N) is 3. The van der Waals surface area contributed by atoms with E-state index in [0.29, 0.717) is 17.2 Å². The molecule has 0 saturated heterocycles. The van der Waals surface area contributed by atoms with Crippen molar-refractivity contribution in [3.8, 4) is 0 Å². The Morgan fingerprint density at radius 3 is 3.00 bits per heavy atom. The Balaban J connectivity index is 1.93. The van der Waals surface area contributed by atoms with Crippen LogP contribution in [0.4, 0.5) is 0 Å². The van der Waals surface area contributed by atoms with Crippen LogP contribution in [0.5, 0.6) is 0 Å². The summed E-state index contributed by atoms with van der Waals surface area (Å²) < 4.78 is 2.54. The largest absolute Gasteiger partial charge is 0.344 e. The van der Waals surface area contributed by atoms with Gasteiger partial charge < -0.3 is 5.32 Å². The van der Waals surface area contributed by atoms with Crippen LogP contribution in [0.25, 0.3) is 0 Å². The number of hydrogen-bond acceptors (Lipinski definition) is 4. The van der Waals surface area contributed by atoms with Crippen LogP contribution in [0.15, 0.2) is 22.2 Å². The highest BCUT2D eigenvalue weighted by molar-refractivity contribution is 9.11.